The van der Waals surface area contributed by atoms with Gasteiger partial charge >= 0.3 is 0 Å². The summed E-state index contributed by atoms with van der Waals surface area (Å²) in [5.74, 6) is 0.805. The van der Waals surface area contributed by atoms with E-state index in [0.29, 0.717) is 0 Å². The summed E-state index contributed by atoms with van der Waals surface area (Å²) in [5.41, 5.74) is 8.15. The van der Waals surface area contributed by atoms with E-state index in [2.05, 4.69) is 32.2 Å². The molecule has 0 aliphatic carbocycles. The van der Waals surface area contributed by atoms with Crippen molar-refractivity contribution in [1.82, 2.24) is 5.32 Å². The van der Waals surface area contributed by atoms with Gasteiger partial charge in [-0.1, -0.05) is 26.8 Å². The minimum atomic E-state index is -0.298. The lowest BCUT2D eigenvalue weighted by Crippen LogP contribution is -2.41. The van der Waals surface area contributed by atoms with Crippen molar-refractivity contribution in [2.75, 3.05) is 0 Å². The molecule has 0 fully saturated rings. The van der Waals surface area contributed by atoms with E-state index < -0.39 is 0 Å². The van der Waals surface area contributed by atoms with Crippen LogP contribution in [0.15, 0.2) is 18.2 Å². The second-order valence-corrected chi connectivity index (χ2v) is 7.96. The molecule has 1 heterocycles. The molecule has 0 saturated carbocycles. The van der Waals surface area contributed by atoms with Gasteiger partial charge in [-0.3, -0.25) is 4.79 Å². The molecule has 22 heavy (non-hydrogen) atoms. The molecule has 122 valence electrons. The zero-order valence-electron chi connectivity index (χ0n) is 14.5. The van der Waals surface area contributed by atoms with Crippen LogP contribution in [0.3, 0.4) is 0 Å². The van der Waals surface area contributed by atoms with Crippen LogP contribution in [0.5, 0.6) is 5.75 Å². The Balaban J connectivity index is 2.43. The van der Waals surface area contributed by atoms with E-state index in [1.165, 1.54) is 0 Å². The number of amides is 1. The van der Waals surface area contributed by atoms with E-state index in [1.54, 1.807) is 6.92 Å². The topological polar surface area (TPSA) is 64.3 Å². The third kappa shape index (κ3) is 3.61. The van der Waals surface area contributed by atoms with Crippen molar-refractivity contribution in [2.24, 2.45) is 11.1 Å². The van der Waals surface area contributed by atoms with Gasteiger partial charge in [-0.25, -0.2) is 0 Å². The van der Waals surface area contributed by atoms with Gasteiger partial charge in [-0.15, -0.1) is 0 Å². The average Bonchev–Trinajstić information content (AvgIpc) is 2.34. The molecule has 0 aromatic heterocycles. The summed E-state index contributed by atoms with van der Waals surface area (Å²) in [6.45, 7) is 12.0. The number of ether oxygens (including phenoxy) is 1. The molecule has 0 spiro atoms. The Hall–Kier alpha value is -1.55. The van der Waals surface area contributed by atoms with Gasteiger partial charge in [-0.2, -0.15) is 0 Å². The van der Waals surface area contributed by atoms with E-state index >= 15 is 0 Å². The fraction of sp³-hybridized carbons (Fsp3) is 0.611. The van der Waals surface area contributed by atoms with Crippen LogP contribution in [0, 0.1) is 5.41 Å². The summed E-state index contributed by atoms with van der Waals surface area (Å²) in [6, 6.07) is 5.99. The fourth-order valence-corrected chi connectivity index (χ4v) is 2.94. The number of hydrogen-bond donors (Lipinski definition) is 2. The SMILES string of the molecule is CC(=O)NC1CC(C)(C)Oc2ccc(C(N)C(C)(C)C)cc21. The Morgan fingerprint density at radius 3 is 2.59 bits per heavy atom. The highest BCUT2D eigenvalue weighted by Gasteiger charge is 2.35. The summed E-state index contributed by atoms with van der Waals surface area (Å²) in [6.07, 6.45) is 0.744. The molecule has 1 aliphatic rings. The first-order chi connectivity index (χ1) is 9.99. The molecule has 1 amide bonds. The van der Waals surface area contributed by atoms with E-state index in [1.807, 2.05) is 26.0 Å². The molecule has 4 heteroatoms. The first-order valence-electron chi connectivity index (χ1n) is 7.85. The van der Waals surface area contributed by atoms with Gasteiger partial charge in [0.1, 0.15) is 11.4 Å². The number of hydrogen-bond acceptors (Lipinski definition) is 3. The average molecular weight is 304 g/mol. The van der Waals surface area contributed by atoms with Crippen molar-refractivity contribution in [3.8, 4) is 5.75 Å². The predicted octanol–water partition coefficient (Wildman–Crippen LogP) is 3.47. The Labute approximate surface area is 133 Å². The molecule has 4 nitrogen and oxygen atoms in total. The molecule has 2 rings (SSSR count). The lowest BCUT2D eigenvalue weighted by Gasteiger charge is -2.38. The van der Waals surface area contributed by atoms with Crippen LogP contribution in [-0.2, 0) is 4.79 Å². The Bertz CT molecular complexity index is 573. The van der Waals surface area contributed by atoms with Gasteiger partial charge in [0.05, 0.1) is 6.04 Å². The number of fused-ring (bicyclic) bond motifs is 1. The number of nitrogens with one attached hydrogen (secondary N) is 1. The summed E-state index contributed by atoms with van der Waals surface area (Å²) in [4.78, 5) is 11.5. The van der Waals surface area contributed by atoms with E-state index in [9.17, 15) is 4.79 Å². The molecule has 2 unspecified atom stereocenters. The van der Waals surface area contributed by atoms with Crippen LogP contribution in [0.4, 0.5) is 0 Å². The van der Waals surface area contributed by atoms with Crippen molar-refractivity contribution >= 4 is 5.91 Å². The lowest BCUT2D eigenvalue weighted by molar-refractivity contribution is -0.120. The standard InChI is InChI=1S/C18H28N2O2/c1-11(21)20-14-10-18(5,6)22-15-8-7-12(9-13(14)15)16(19)17(2,3)4/h7-9,14,16H,10,19H2,1-6H3,(H,20,21). The van der Waals surface area contributed by atoms with E-state index in [0.717, 1.165) is 23.3 Å². The Morgan fingerprint density at radius 1 is 1.41 bits per heavy atom. The van der Waals surface area contributed by atoms with Gasteiger partial charge in [0.25, 0.3) is 0 Å². The van der Waals surface area contributed by atoms with Gasteiger partial charge < -0.3 is 15.8 Å². The van der Waals surface area contributed by atoms with Gasteiger partial charge in [0.2, 0.25) is 5.91 Å². The highest BCUT2D eigenvalue weighted by atomic mass is 16.5. The molecule has 1 aromatic carbocycles. The van der Waals surface area contributed by atoms with Crippen LogP contribution in [0.25, 0.3) is 0 Å². The fourth-order valence-electron chi connectivity index (χ4n) is 2.94. The summed E-state index contributed by atoms with van der Waals surface area (Å²) < 4.78 is 6.06. The zero-order valence-corrected chi connectivity index (χ0v) is 14.5. The van der Waals surface area contributed by atoms with E-state index in [4.69, 9.17) is 10.5 Å². The smallest absolute Gasteiger partial charge is 0.217 e. The maximum atomic E-state index is 11.5. The lowest BCUT2D eigenvalue weighted by atomic mass is 9.81. The number of nitrogens with two attached hydrogens (primary N) is 1. The van der Waals surface area contributed by atoms with Crippen molar-refractivity contribution in [3.05, 3.63) is 29.3 Å². The minimum absolute atomic E-state index is 0.0213. The highest BCUT2D eigenvalue weighted by molar-refractivity contribution is 5.73. The number of carbonyl (C=O) groups is 1. The third-order valence-electron chi connectivity index (χ3n) is 4.16. The molecule has 0 bridgehead atoms. The molecular formula is C18H28N2O2. The maximum absolute atomic E-state index is 11.5. The van der Waals surface area contributed by atoms with Crippen LogP contribution < -0.4 is 15.8 Å². The monoisotopic (exact) mass is 304 g/mol. The number of rotatable bonds is 2. The van der Waals surface area contributed by atoms with Gasteiger partial charge in [0, 0.05) is 24.9 Å². The summed E-state index contributed by atoms with van der Waals surface area (Å²) in [7, 11) is 0. The van der Waals surface area contributed by atoms with Crippen molar-refractivity contribution in [1.29, 1.82) is 0 Å². The molecule has 0 saturated heterocycles. The van der Waals surface area contributed by atoms with Crippen LogP contribution in [0.1, 0.15) is 71.2 Å². The van der Waals surface area contributed by atoms with Crippen molar-refractivity contribution in [3.63, 3.8) is 0 Å². The van der Waals surface area contributed by atoms with E-state index in [-0.39, 0.29) is 29.0 Å². The quantitative estimate of drug-likeness (QED) is 0.879. The molecule has 0 radical (unpaired) electrons. The van der Waals surface area contributed by atoms with Crippen LogP contribution in [-0.4, -0.2) is 11.5 Å². The normalized spacial score (nSPS) is 21.5. The van der Waals surface area contributed by atoms with Crippen molar-refractivity contribution < 1.29 is 9.53 Å². The predicted molar refractivity (Wildman–Crippen MR) is 88.7 cm³/mol. The summed E-state index contributed by atoms with van der Waals surface area (Å²) >= 11 is 0. The molecule has 2 atom stereocenters. The highest BCUT2D eigenvalue weighted by Crippen LogP contribution is 2.41. The number of carbonyl (C=O) groups excluding carboxylic acids is 1. The molecule has 1 aromatic rings. The van der Waals surface area contributed by atoms with Crippen molar-refractivity contribution in [2.45, 2.75) is 65.6 Å². The molecule has 1 aliphatic heterocycles. The maximum Gasteiger partial charge on any atom is 0.217 e. The minimum Gasteiger partial charge on any atom is -0.487 e. The van der Waals surface area contributed by atoms with Crippen LogP contribution >= 0.6 is 0 Å². The van der Waals surface area contributed by atoms with Gasteiger partial charge in [0.15, 0.2) is 0 Å². The first kappa shape index (κ1) is 16.8. The molecule has 3 N–H and O–H groups in total. The zero-order chi connectivity index (χ0) is 16.7. The number of benzene rings is 1. The van der Waals surface area contributed by atoms with Crippen LogP contribution in [0.2, 0.25) is 0 Å². The third-order valence-corrected chi connectivity index (χ3v) is 4.16. The molecular weight excluding hydrogens is 276 g/mol. The first-order valence-corrected chi connectivity index (χ1v) is 7.85. The second kappa shape index (κ2) is 5.58. The Morgan fingerprint density at radius 2 is 2.05 bits per heavy atom. The largest absolute Gasteiger partial charge is 0.487 e. The summed E-state index contributed by atoms with van der Waals surface area (Å²) in [5, 5.41) is 3.04. The second-order valence-electron chi connectivity index (χ2n) is 7.96. The Kier molecular flexibility index (Phi) is 4.26. The van der Waals surface area contributed by atoms with Gasteiger partial charge in [-0.05, 0) is 37.0 Å².